The van der Waals surface area contributed by atoms with Crippen LogP contribution >= 0.6 is 0 Å². The lowest BCUT2D eigenvalue weighted by atomic mass is 10.3. The van der Waals surface area contributed by atoms with Crippen LogP contribution in [0.2, 0.25) is 0 Å². The summed E-state index contributed by atoms with van der Waals surface area (Å²) in [6.45, 7) is -1.73. The molecule has 0 heterocycles. The van der Waals surface area contributed by atoms with Gasteiger partial charge in [-0.15, -0.1) is 0 Å². The number of hydrogen-bond donors (Lipinski definition) is 1. The van der Waals surface area contributed by atoms with E-state index in [1.807, 2.05) is 0 Å². The van der Waals surface area contributed by atoms with E-state index in [2.05, 4.69) is 9.47 Å². The minimum absolute atomic E-state index is 0.0312. The predicted molar refractivity (Wildman–Crippen MR) is 60.4 cm³/mol. The van der Waals surface area contributed by atoms with Crippen molar-refractivity contribution in [2.45, 2.75) is 18.4 Å². The number of alkyl halides is 2. The van der Waals surface area contributed by atoms with Crippen LogP contribution in [0.4, 0.5) is 13.6 Å². The van der Waals surface area contributed by atoms with Crippen LogP contribution in [0, 0.1) is 0 Å². The molecule has 0 aliphatic heterocycles. The number of amides is 1. The normalized spacial score (nSPS) is 11.2. The molecule has 0 fully saturated rings. The molecule has 0 bridgehead atoms. The zero-order chi connectivity index (χ0) is 14.5. The third kappa shape index (κ3) is 4.36. The second kappa shape index (κ2) is 6.32. The Morgan fingerprint density at radius 3 is 2.58 bits per heavy atom. The zero-order valence-corrected chi connectivity index (χ0v) is 10.6. The van der Waals surface area contributed by atoms with E-state index in [-0.39, 0.29) is 6.61 Å². The molecule has 0 unspecified atom stereocenters. The molecule has 6 nitrogen and oxygen atoms in total. The Kier molecular flexibility index (Phi) is 5.04. The molecular weight excluding hydrogens is 284 g/mol. The molecule has 19 heavy (non-hydrogen) atoms. The summed E-state index contributed by atoms with van der Waals surface area (Å²) in [6, 6.07) is 4.70. The highest BCUT2D eigenvalue weighted by atomic mass is 32.2. The number of ether oxygens (including phenoxy) is 2. The summed E-state index contributed by atoms with van der Waals surface area (Å²) in [6.07, 6.45) is -1.20. The third-order valence-corrected chi connectivity index (χ3v) is 3.20. The number of para-hydroxylation sites is 1. The van der Waals surface area contributed by atoms with E-state index in [1.54, 1.807) is 4.72 Å². The van der Waals surface area contributed by atoms with Gasteiger partial charge in [0, 0.05) is 0 Å². The standard InChI is InChI=1S/C10H11F2NO5S/c1-2-17-10(14)13-19(15,16)8-6-4-3-5-7(8)18-9(11)12/h3-6,9H,2H2,1H3,(H,13,14). The topological polar surface area (TPSA) is 81.7 Å². The molecule has 1 amide bonds. The second-order valence-corrected chi connectivity index (χ2v) is 4.80. The van der Waals surface area contributed by atoms with Gasteiger partial charge >= 0.3 is 12.7 Å². The molecule has 0 aliphatic rings. The number of benzene rings is 1. The van der Waals surface area contributed by atoms with Crippen LogP contribution in [0.3, 0.4) is 0 Å². The molecule has 0 saturated heterocycles. The average molecular weight is 295 g/mol. The Morgan fingerprint density at radius 1 is 1.37 bits per heavy atom. The molecule has 0 saturated carbocycles. The maximum Gasteiger partial charge on any atom is 0.421 e. The van der Waals surface area contributed by atoms with E-state index >= 15 is 0 Å². The van der Waals surface area contributed by atoms with Crippen molar-refractivity contribution in [3.05, 3.63) is 24.3 Å². The second-order valence-electron chi connectivity index (χ2n) is 3.15. The van der Waals surface area contributed by atoms with Crippen molar-refractivity contribution in [2.24, 2.45) is 0 Å². The van der Waals surface area contributed by atoms with Gasteiger partial charge in [-0.05, 0) is 19.1 Å². The van der Waals surface area contributed by atoms with Gasteiger partial charge in [0.05, 0.1) is 6.61 Å². The Morgan fingerprint density at radius 2 is 2.00 bits per heavy atom. The van der Waals surface area contributed by atoms with E-state index in [0.29, 0.717) is 0 Å². The van der Waals surface area contributed by atoms with Gasteiger partial charge in [0.15, 0.2) is 0 Å². The zero-order valence-electron chi connectivity index (χ0n) is 9.80. The van der Waals surface area contributed by atoms with Crippen molar-refractivity contribution in [1.82, 2.24) is 4.72 Å². The molecule has 106 valence electrons. The van der Waals surface area contributed by atoms with Gasteiger partial charge in [0.2, 0.25) is 0 Å². The van der Waals surface area contributed by atoms with E-state index < -0.39 is 33.4 Å². The number of sulfonamides is 1. The molecule has 1 aromatic carbocycles. The summed E-state index contributed by atoms with van der Waals surface area (Å²) < 4.78 is 57.9. The molecular formula is C10H11F2NO5S. The molecule has 1 rings (SSSR count). The summed E-state index contributed by atoms with van der Waals surface area (Å²) >= 11 is 0. The number of hydrogen-bond acceptors (Lipinski definition) is 5. The fourth-order valence-electron chi connectivity index (χ4n) is 1.19. The van der Waals surface area contributed by atoms with Crippen LogP contribution in [0.5, 0.6) is 5.75 Å². The van der Waals surface area contributed by atoms with Crippen molar-refractivity contribution in [2.75, 3.05) is 6.61 Å². The predicted octanol–water partition coefficient (Wildman–Crippen LogP) is 1.72. The van der Waals surface area contributed by atoms with Gasteiger partial charge in [0.1, 0.15) is 10.6 Å². The summed E-state index contributed by atoms with van der Waals surface area (Å²) in [5, 5.41) is 0. The van der Waals surface area contributed by atoms with E-state index in [0.717, 1.165) is 12.1 Å². The first-order valence-electron chi connectivity index (χ1n) is 5.10. The minimum Gasteiger partial charge on any atom is -0.449 e. The number of carbonyl (C=O) groups excluding carboxylic acids is 1. The maximum absolute atomic E-state index is 12.1. The molecule has 0 atom stereocenters. The highest BCUT2D eigenvalue weighted by molar-refractivity contribution is 7.90. The summed E-state index contributed by atoms with van der Waals surface area (Å²) in [4.78, 5) is 10.5. The average Bonchev–Trinajstić information content (AvgIpc) is 2.28. The first-order chi connectivity index (χ1) is 8.86. The maximum atomic E-state index is 12.1. The lowest BCUT2D eigenvalue weighted by Crippen LogP contribution is -2.31. The molecule has 0 aliphatic carbocycles. The van der Waals surface area contributed by atoms with Gasteiger partial charge in [-0.1, -0.05) is 12.1 Å². The lowest BCUT2D eigenvalue weighted by Gasteiger charge is -2.11. The minimum atomic E-state index is -4.34. The number of nitrogens with one attached hydrogen (secondary N) is 1. The molecule has 0 spiro atoms. The van der Waals surface area contributed by atoms with Crippen LogP contribution in [-0.4, -0.2) is 27.7 Å². The molecule has 1 N–H and O–H groups in total. The highest BCUT2D eigenvalue weighted by Gasteiger charge is 2.23. The van der Waals surface area contributed by atoms with Crippen molar-refractivity contribution in [1.29, 1.82) is 0 Å². The number of carbonyl (C=O) groups is 1. The molecule has 1 aromatic rings. The van der Waals surface area contributed by atoms with Crippen molar-refractivity contribution >= 4 is 16.1 Å². The van der Waals surface area contributed by atoms with E-state index in [1.165, 1.54) is 19.1 Å². The molecule has 0 aromatic heterocycles. The first kappa shape index (κ1) is 15.2. The van der Waals surface area contributed by atoms with Crippen molar-refractivity contribution < 1.29 is 31.5 Å². The van der Waals surface area contributed by atoms with Gasteiger partial charge in [-0.25, -0.2) is 17.9 Å². The number of rotatable bonds is 5. The fraction of sp³-hybridized carbons (Fsp3) is 0.300. The van der Waals surface area contributed by atoms with Crippen molar-refractivity contribution in [3.8, 4) is 5.75 Å². The Hall–Kier alpha value is -1.90. The van der Waals surface area contributed by atoms with Crippen LogP contribution in [0.15, 0.2) is 29.2 Å². The first-order valence-corrected chi connectivity index (χ1v) is 6.58. The third-order valence-electron chi connectivity index (χ3n) is 1.85. The fourth-order valence-corrected chi connectivity index (χ4v) is 2.22. The van der Waals surface area contributed by atoms with E-state index in [9.17, 15) is 22.0 Å². The van der Waals surface area contributed by atoms with E-state index in [4.69, 9.17) is 0 Å². The summed E-state index contributed by atoms with van der Waals surface area (Å²) in [5.74, 6) is -0.561. The summed E-state index contributed by atoms with van der Waals surface area (Å²) in [7, 11) is -4.34. The lowest BCUT2D eigenvalue weighted by molar-refractivity contribution is -0.0517. The van der Waals surface area contributed by atoms with Crippen LogP contribution in [-0.2, 0) is 14.8 Å². The van der Waals surface area contributed by atoms with Gasteiger partial charge in [-0.3, -0.25) is 0 Å². The van der Waals surface area contributed by atoms with Crippen LogP contribution in [0.1, 0.15) is 6.92 Å². The van der Waals surface area contributed by atoms with Crippen LogP contribution in [0.25, 0.3) is 0 Å². The van der Waals surface area contributed by atoms with Gasteiger partial charge < -0.3 is 9.47 Å². The van der Waals surface area contributed by atoms with Gasteiger partial charge in [0.25, 0.3) is 10.0 Å². The quantitative estimate of drug-likeness (QED) is 0.894. The van der Waals surface area contributed by atoms with Crippen LogP contribution < -0.4 is 9.46 Å². The highest BCUT2D eigenvalue weighted by Crippen LogP contribution is 2.24. The molecule has 9 heteroatoms. The SMILES string of the molecule is CCOC(=O)NS(=O)(=O)c1ccccc1OC(F)F. The Bertz CT molecular complexity index is 547. The summed E-state index contributed by atoms with van der Waals surface area (Å²) in [5.41, 5.74) is 0. The Balaban J connectivity index is 3.04. The Labute approximate surface area is 108 Å². The van der Waals surface area contributed by atoms with Crippen molar-refractivity contribution in [3.63, 3.8) is 0 Å². The number of halogens is 2. The van der Waals surface area contributed by atoms with Gasteiger partial charge in [-0.2, -0.15) is 8.78 Å². The smallest absolute Gasteiger partial charge is 0.421 e. The largest absolute Gasteiger partial charge is 0.449 e. The monoisotopic (exact) mass is 295 g/mol. The molecule has 0 radical (unpaired) electrons.